The van der Waals surface area contributed by atoms with Gasteiger partial charge in [-0.05, 0) is 96.7 Å². The zero-order chi connectivity index (χ0) is 14.6. The highest BCUT2D eigenvalue weighted by Crippen LogP contribution is 2.61. The summed E-state index contributed by atoms with van der Waals surface area (Å²) in [6.07, 6.45) is 8.39. The minimum absolute atomic E-state index is 0.106. The van der Waals surface area contributed by atoms with E-state index in [1.165, 1.54) is 49.9 Å². The smallest absolute Gasteiger partial charge is 0.261 e. The van der Waals surface area contributed by atoms with Crippen LogP contribution in [0.5, 0.6) is 0 Å². The average molecular weight is 368 g/mol. The van der Waals surface area contributed by atoms with Crippen LogP contribution in [0.1, 0.15) is 55.1 Å². The molecule has 0 aromatic carbocycles. The summed E-state index contributed by atoms with van der Waals surface area (Å²) in [5, 5.41) is 3.32. The molecular formula is C17H22BrNOS. The summed E-state index contributed by atoms with van der Waals surface area (Å²) in [6, 6.07) is 4.17. The van der Waals surface area contributed by atoms with E-state index in [0.717, 1.165) is 26.4 Å². The maximum atomic E-state index is 12.4. The van der Waals surface area contributed by atoms with Crippen LogP contribution in [0.3, 0.4) is 0 Å². The fourth-order valence-corrected chi connectivity index (χ4v) is 6.85. The summed E-state index contributed by atoms with van der Waals surface area (Å²) in [6.45, 7) is 2.24. The van der Waals surface area contributed by atoms with Crippen molar-refractivity contribution in [3.63, 3.8) is 0 Å². The normalized spacial score (nSPS) is 38.5. The molecule has 1 amide bonds. The zero-order valence-corrected chi connectivity index (χ0v) is 14.8. The van der Waals surface area contributed by atoms with Gasteiger partial charge in [0, 0.05) is 6.04 Å². The number of carbonyl (C=O) groups excluding carboxylic acids is 1. The first-order chi connectivity index (χ1) is 10.0. The monoisotopic (exact) mass is 367 g/mol. The number of carbonyl (C=O) groups is 1. The van der Waals surface area contributed by atoms with Gasteiger partial charge in [0.1, 0.15) is 0 Å². The summed E-state index contributed by atoms with van der Waals surface area (Å²) in [5.74, 6) is 2.92. The molecule has 4 bridgehead atoms. The van der Waals surface area contributed by atoms with Crippen LogP contribution in [0.25, 0.3) is 0 Å². The highest BCUT2D eigenvalue weighted by molar-refractivity contribution is 9.11. The van der Waals surface area contributed by atoms with Crippen molar-refractivity contribution in [2.75, 3.05) is 0 Å². The molecule has 1 unspecified atom stereocenters. The Morgan fingerprint density at radius 1 is 1.24 bits per heavy atom. The summed E-state index contributed by atoms with van der Waals surface area (Å²) < 4.78 is 1.02. The standard InChI is InChI=1S/C17H22BrNOS/c1-10(19-16(20)14-2-3-15(18)21-14)17-7-11-4-12(8-17)6-13(5-11)9-17/h2-3,10-13H,4-9H2,1H3,(H,19,20). The second kappa shape index (κ2) is 5.09. The van der Waals surface area contributed by atoms with Gasteiger partial charge in [-0.25, -0.2) is 0 Å². The van der Waals surface area contributed by atoms with Crippen LogP contribution < -0.4 is 5.32 Å². The van der Waals surface area contributed by atoms with E-state index in [4.69, 9.17) is 0 Å². The Morgan fingerprint density at radius 3 is 2.29 bits per heavy atom. The number of amides is 1. The van der Waals surface area contributed by atoms with E-state index in [9.17, 15) is 4.79 Å². The highest BCUT2D eigenvalue weighted by atomic mass is 79.9. The Hall–Kier alpha value is -0.350. The van der Waals surface area contributed by atoms with Crippen LogP contribution in [0.2, 0.25) is 0 Å². The molecule has 5 rings (SSSR count). The molecule has 114 valence electrons. The second-order valence-electron chi connectivity index (χ2n) is 7.58. The highest BCUT2D eigenvalue weighted by Gasteiger charge is 2.53. The number of hydrogen-bond acceptors (Lipinski definition) is 2. The van der Waals surface area contributed by atoms with Crippen molar-refractivity contribution in [1.82, 2.24) is 5.32 Å². The Kier molecular flexibility index (Phi) is 3.45. The lowest BCUT2D eigenvalue weighted by atomic mass is 9.48. The van der Waals surface area contributed by atoms with Gasteiger partial charge in [0.05, 0.1) is 8.66 Å². The van der Waals surface area contributed by atoms with Gasteiger partial charge >= 0.3 is 0 Å². The maximum absolute atomic E-state index is 12.4. The van der Waals surface area contributed by atoms with Crippen molar-refractivity contribution in [3.8, 4) is 0 Å². The predicted octanol–water partition coefficient (Wildman–Crippen LogP) is 4.85. The van der Waals surface area contributed by atoms with Crippen LogP contribution in [0, 0.1) is 23.2 Å². The van der Waals surface area contributed by atoms with Crippen LogP contribution in [0.15, 0.2) is 15.9 Å². The molecule has 0 radical (unpaired) electrons. The molecule has 0 spiro atoms. The van der Waals surface area contributed by atoms with E-state index < -0.39 is 0 Å². The number of halogens is 1. The van der Waals surface area contributed by atoms with Crippen molar-refractivity contribution in [2.45, 2.75) is 51.5 Å². The van der Waals surface area contributed by atoms with Gasteiger partial charge in [-0.3, -0.25) is 4.79 Å². The molecule has 2 nitrogen and oxygen atoms in total. The molecule has 21 heavy (non-hydrogen) atoms. The Labute approximate surface area is 138 Å². The molecule has 1 atom stereocenters. The van der Waals surface area contributed by atoms with Gasteiger partial charge < -0.3 is 5.32 Å². The van der Waals surface area contributed by atoms with Crippen LogP contribution in [-0.4, -0.2) is 11.9 Å². The summed E-state index contributed by atoms with van der Waals surface area (Å²) in [5.41, 5.74) is 0.388. The number of hydrogen-bond donors (Lipinski definition) is 1. The molecule has 0 aliphatic heterocycles. The van der Waals surface area contributed by atoms with Gasteiger partial charge in [-0.1, -0.05) is 0 Å². The number of nitrogens with one attached hydrogen (secondary N) is 1. The van der Waals surface area contributed by atoms with Crippen LogP contribution in [-0.2, 0) is 0 Å². The molecule has 1 N–H and O–H groups in total. The van der Waals surface area contributed by atoms with E-state index in [1.807, 2.05) is 12.1 Å². The van der Waals surface area contributed by atoms with E-state index >= 15 is 0 Å². The van der Waals surface area contributed by atoms with Crippen molar-refractivity contribution >= 4 is 33.2 Å². The first-order valence-corrected chi connectivity index (χ1v) is 9.71. The Bertz CT molecular complexity index is 532. The van der Waals surface area contributed by atoms with Crippen molar-refractivity contribution in [1.29, 1.82) is 0 Å². The molecular weight excluding hydrogens is 346 g/mol. The Balaban J connectivity index is 1.50. The summed E-state index contributed by atoms with van der Waals surface area (Å²) >= 11 is 4.96. The molecule has 4 saturated carbocycles. The van der Waals surface area contributed by atoms with E-state index in [1.54, 1.807) is 0 Å². The van der Waals surface area contributed by atoms with Crippen molar-refractivity contribution < 1.29 is 4.79 Å². The third-order valence-corrected chi connectivity index (χ3v) is 7.77. The fourth-order valence-electron chi connectivity index (χ4n) is 5.57. The van der Waals surface area contributed by atoms with Crippen molar-refractivity contribution in [2.24, 2.45) is 23.2 Å². The molecule has 1 aromatic rings. The molecule has 0 saturated heterocycles. The topological polar surface area (TPSA) is 29.1 Å². The van der Waals surface area contributed by atoms with E-state index in [-0.39, 0.29) is 5.91 Å². The van der Waals surface area contributed by atoms with Gasteiger partial charge in [0.15, 0.2) is 0 Å². The lowest BCUT2D eigenvalue weighted by Gasteiger charge is -2.59. The van der Waals surface area contributed by atoms with Gasteiger partial charge in [-0.15, -0.1) is 11.3 Å². The van der Waals surface area contributed by atoms with Gasteiger partial charge in [0.2, 0.25) is 0 Å². The lowest BCUT2D eigenvalue weighted by Crippen LogP contribution is -2.55. The third kappa shape index (κ3) is 2.48. The fraction of sp³-hybridized carbons (Fsp3) is 0.706. The van der Waals surface area contributed by atoms with E-state index in [0.29, 0.717) is 11.5 Å². The first-order valence-electron chi connectivity index (χ1n) is 8.10. The second-order valence-corrected chi connectivity index (χ2v) is 10.0. The largest absolute Gasteiger partial charge is 0.348 e. The quantitative estimate of drug-likeness (QED) is 0.812. The number of thiophene rings is 1. The van der Waals surface area contributed by atoms with Crippen LogP contribution in [0.4, 0.5) is 0 Å². The molecule has 4 heteroatoms. The molecule has 1 aromatic heterocycles. The summed E-state index contributed by atoms with van der Waals surface area (Å²) in [4.78, 5) is 13.3. The molecule has 1 heterocycles. The Morgan fingerprint density at radius 2 is 1.81 bits per heavy atom. The molecule has 4 aliphatic rings. The van der Waals surface area contributed by atoms with E-state index in [2.05, 4.69) is 28.2 Å². The maximum Gasteiger partial charge on any atom is 0.261 e. The molecule has 4 aliphatic carbocycles. The van der Waals surface area contributed by atoms with Crippen molar-refractivity contribution in [3.05, 3.63) is 20.8 Å². The SMILES string of the molecule is CC(NC(=O)c1ccc(Br)s1)C12CC3CC(CC(C3)C1)C2. The summed E-state index contributed by atoms with van der Waals surface area (Å²) in [7, 11) is 0. The van der Waals surface area contributed by atoms with Gasteiger partial charge in [0.25, 0.3) is 5.91 Å². The first kappa shape index (κ1) is 14.3. The number of rotatable bonds is 3. The van der Waals surface area contributed by atoms with Gasteiger partial charge in [-0.2, -0.15) is 0 Å². The third-order valence-electron chi connectivity index (χ3n) is 6.15. The molecule has 4 fully saturated rings. The minimum atomic E-state index is 0.106. The van der Waals surface area contributed by atoms with Crippen LogP contribution >= 0.6 is 27.3 Å². The average Bonchev–Trinajstić information content (AvgIpc) is 2.84. The minimum Gasteiger partial charge on any atom is -0.348 e. The lowest BCUT2D eigenvalue weighted by molar-refractivity contribution is -0.0687. The predicted molar refractivity (Wildman–Crippen MR) is 89.6 cm³/mol. The zero-order valence-electron chi connectivity index (χ0n) is 12.4.